The largest absolute Gasteiger partial charge is 0.326 e. The maximum atomic E-state index is 12.9. The van der Waals surface area contributed by atoms with Crippen LogP contribution in [0.25, 0.3) is 0 Å². The van der Waals surface area contributed by atoms with Crippen LogP contribution >= 0.6 is 0 Å². The molecule has 1 aliphatic heterocycles. The molecule has 5 heteroatoms. The van der Waals surface area contributed by atoms with Gasteiger partial charge in [-0.2, -0.15) is 0 Å². The fourth-order valence-electron chi connectivity index (χ4n) is 2.19. The Labute approximate surface area is 106 Å². The van der Waals surface area contributed by atoms with E-state index in [4.69, 9.17) is 5.73 Å². The van der Waals surface area contributed by atoms with Crippen LogP contribution in [0.3, 0.4) is 0 Å². The Morgan fingerprint density at radius 2 is 2.33 bits per heavy atom. The molecule has 0 radical (unpaired) electrons. The highest BCUT2D eigenvalue weighted by atomic mass is 19.1. The van der Waals surface area contributed by atoms with Gasteiger partial charge in [0.1, 0.15) is 5.82 Å². The van der Waals surface area contributed by atoms with Gasteiger partial charge in [-0.1, -0.05) is 13.0 Å². The Balaban J connectivity index is 1.86. The number of rotatable bonds is 3. The number of carbonyl (C=O) groups excluding carboxylic acids is 1. The van der Waals surface area contributed by atoms with Crippen molar-refractivity contribution in [2.45, 2.75) is 13.0 Å². The van der Waals surface area contributed by atoms with Gasteiger partial charge in [-0.15, -0.1) is 0 Å². The molecule has 1 aromatic carbocycles. The highest BCUT2D eigenvalue weighted by Crippen LogP contribution is 2.14. The molecule has 1 heterocycles. The second-order valence-corrected chi connectivity index (χ2v) is 4.89. The molecule has 0 aliphatic carbocycles. The fraction of sp³-hybridized carbons (Fsp3) is 0.462. The van der Waals surface area contributed by atoms with Crippen molar-refractivity contribution < 1.29 is 9.18 Å². The summed E-state index contributed by atoms with van der Waals surface area (Å²) in [5, 5.41) is 2.68. The number of hydrogen-bond acceptors (Lipinski definition) is 3. The van der Waals surface area contributed by atoms with Gasteiger partial charge in [-0.05, 0) is 24.1 Å². The van der Waals surface area contributed by atoms with Crippen LogP contribution in [0.2, 0.25) is 0 Å². The molecule has 1 aromatic rings. The van der Waals surface area contributed by atoms with Crippen LogP contribution in [-0.4, -0.2) is 36.5 Å². The normalized spacial score (nSPS) is 24.2. The predicted octanol–water partition coefficient (Wildman–Crippen LogP) is 1.04. The zero-order valence-corrected chi connectivity index (χ0v) is 10.4. The molecule has 1 saturated heterocycles. The van der Waals surface area contributed by atoms with E-state index in [9.17, 15) is 9.18 Å². The van der Waals surface area contributed by atoms with Crippen molar-refractivity contribution in [3.8, 4) is 0 Å². The summed E-state index contributed by atoms with van der Waals surface area (Å²) in [7, 11) is 0. The van der Waals surface area contributed by atoms with E-state index in [-0.39, 0.29) is 17.8 Å². The summed E-state index contributed by atoms with van der Waals surface area (Å²) < 4.78 is 12.9. The van der Waals surface area contributed by atoms with Crippen LogP contribution in [0.4, 0.5) is 10.1 Å². The van der Waals surface area contributed by atoms with Gasteiger partial charge in [-0.25, -0.2) is 4.39 Å². The Morgan fingerprint density at radius 3 is 2.94 bits per heavy atom. The van der Waals surface area contributed by atoms with Crippen molar-refractivity contribution in [2.24, 2.45) is 11.7 Å². The van der Waals surface area contributed by atoms with Crippen LogP contribution in [0.15, 0.2) is 24.3 Å². The van der Waals surface area contributed by atoms with Gasteiger partial charge in [0.2, 0.25) is 5.91 Å². The van der Waals surface area contributed by atoms with Crippen LogP contribution < -0.4 is 11.1 Å². The van der Waals surface area contributed by atoms with Gasteiger partial charge in [0, 0.05) is 24.8 Å². The summed E-state index contributed by atoms with van der Waals surface area (Å²) in [5.74, 6) is -0.0847. The molecule has 1 fully saturated rings. The van der Waals surface area contributed by atoms with Gasteiger partial charge in [0.05, 0.1) is 6.54 Å². The Bertz CT molecular complexity index is 428. The van der Waals surface area contributed by atoms with E-state index in [0.29, 0.717) is 18.2 Å². The number of nitrogens with zero attached hydrogens (tertiary/aromatic N) is 1. The minimum absolute atomic E-state index is 0.131. The molecule has 0 bridgehead atoms. The second kappa shape index (κ2) is 5.46. The number of likely N-dealkylation sites (tertiary alicyclic amines) is 1. The number of benzene rings is 1. The van der Waals surface area contributed by atoms with E-state index >= 15 is 0 Å². The molecule has 0 aromatic heterocycles. The summed E-state index contributed by atoms with van der Waals surface area (Å²) in [6.45, 7) is 3.94. The van der Waals surface area contributed by atoms with Gasteiger partial charge >= 0.3 is 0 Å². The van der Waals surface area contributed by atoms with Crippen LogP contribution in [0.5, 0.6) is 0 Å². The summed E-state index contributed by atoms with van der Waals surface area (Å²) in [5.41, 5.74) is 6.38. The van der Waals surface area contributed by atoms with Gasteiger partial charge in [-0.3, -0.25) is 9.69 Å². The summed E-state index contributed by atoms with van der Waals surface area (Å²) in [6, 6.07) is 6.01. The molecule has 2 rings (SSSR count). The molecule has 18 heavy (non-hydrogen) atoms. The first kappa shape index (κ1) is 13.0. The molecule has 1 amide bonds. The molecular formula is C13H18FN3O. The van der Waals surface area contributed by atoms with Crippen LogP contribution in [0, 0.1) is 11.7 Å². The quantitative estimate of drug-likeness (QED) is 0.844. The Morgan fingerprint density at radius 1 is 1.56 bits per heavy atom. The Kier molecular flexibility index (Phi) is 3.93. The minimum Gasteiger partial charge on any atom is -0.326 e. The molecule has 98 valence electrons. The monoisotopic (exact) mass is 251 g/mol. The molecule has 0 saturated carbocycles. The number of halogens is 1. The van der Waals surface area contributed by atoms with Crippen molar-refractivity contribution in [2.75, 3.05) is 25.0 Å². The first-order valence-corrected chi connectivity index (χ1v) is 6.08. The molecule has 2 atom stereocenters. The van der Waals surface area contributed by atoms with E-state index in [2.05, 4.69) is 12.2 Å². The van der Waals surface area contributed by atoms with Gasteiger partial charge in [0.25, 0.3) is 0 Å². The lowest BCUT2D eigenvalue weighted by atomic mass is 10.1. The average molecular weight is 251 g/mol. The number of anilines is 1. The fourth-order valence-corrected chi connectivity index (χ4v) is 2.19. The number of carbonyl (C=O) groups is 1. The van der Waals surface area contributed by atoms with E-state index in [1.165, 1.54) is 12.1 Å². The van der Waals surface area contributed by atoms with Crippen molar-refractivity contribution in [3.63, 3.8) is 0 Å². The summed E-state index contributed by atoms with van der Waals surface area (Å²) >= 11 is 0. The lowest BCUT2D eigenvalue weighted by Gasteiger charge is -2.14. The van der Waals surface area contributed by atoms with Crippen molar-refractivity contribution in [1.29, 1.82) is 0 Å². The number of hydrogen-bond donors (Lipinski definition) is 2. The lowest BCUT2D eigenvalue weighted by Crippen LogP contribution is -2.33. The highest BCUT2D eigenvalue weighted by molar-refractivity contribution is 5.92. The zero-order valence-electron chi connectivity index (χ0n) is 10.4. The lowest BCUT2D eigenvalue weighted by molar-refractivity contribution is -0.117. The van der Waals surface area contributed by atoms with E-state index in [0.717, 1.165) is 13.1 Å². The van der Waals surface area contributed by atoms with Crippen LogP contribution in [-0.2, 0) is 4.79 Å². The predicted molar refractivity (Wildman–Crippen MR) is 68.6 cm³/mol. The summed E-state index contributed by atoms with van der Waals surface area (Å²) in [6.07, 6.45) is 0. The topological polar surface area (TPSA) is 58.4 Å². The smallest absolute Gasteiger partial charge is 0.238 e. The third-order valence-electron chi connectivity index (χ3n) is 3.22. The zero-order chi connectivity index (χ0) is 13.1. The molecule has 3 N–H and O–H groups in total. The first-order valence-electron chi connectivity index (χ1n) is 6.08. The number of nitrogens with one attached hydrogen (secondary N) is 1. The standard InChI is InChI=1S/C13H18FN3O/c1-9-6-17(7-12(9)15)8-13(18)16-11-4-2-3-10(14)5-11/h2-5,9,12H,6-8,15H2,1H3,(H,16,18). The number of amides is 1. The van der Waals surface area contributed by atoms with Crippen molar-refractivity contribution in [3.05, 3.63) is 30.1 Å². The van der Waals surface area contributed by atoms with E-state index in [1.807, 2.05) is 4.90 Å². The Hall–Kier alpha value is -1.46. The average Bonchev–Trinajstić information content (AvgIpc) is 2.57. The van der Waals surface area contributed by atoms with E-state index in [1.54, 1.807) is 12.1 Å². The van der Waals surface area contributed by atoms with Gasteiger partial charge < -0.3 is 11.1 Å². The SMILES string of the molecule is CC1CN(CC(=O)Nc2cccc(F)c2)CC1N. The van der Waals surface area contributed by atoms with E-state index < -0.39 is 0 Å². The molecule has 0 spiro atoms. The van der Waals surface area contributed by atoms with Gasteiger partial charge in [0.15, 0.2) is 0 Å². The van der Waals surface area contributed by atoms with Crippen LogP contribution in [0.1, 0.15) is 6.92 Å². The third kappa shape index (κ3) is 3.27. The molecule has 1 aliphatic rings. The second-order valence-electron chi connectivity index (χ2n) is 4.89. The number of nitrogens with two attached hydrogens (primary N) is 1. The van der Waals surface area contributed by atoms with Crippen molar-refractivity contribution in [1.82, 2.24) is 4.90 Å². The minimum atomic E-state index is -0.357. The first-order chi connectivity index (χ1) is 8.54. The molecule has 4 nitrogen and oxygen atoms in total. The molecular weight excluding hydrogens is 233 g/mol. The maximum absolute atomic E-state index is 12.9. The highest BCUT2D eigenvalue weighted by Gasteiger charge is 2.27. The van der Waals surface area contributed by atoms with Crippen molar-refractivity contribution >= 4 is 11.6 Å². The maximum Gasteiger partial charge on any atom is 0.238 e. The summed E-state index contributed by atoms with van der Waals surface area (Å²) in [4.78, 5) is 13.8. The molecule has 2 unspecified atom stereocenters. The third-order valence-corrected chi connectivity index (χ3v) is 3.22.